The van der Waals surface area contributed by atoms with E-state index < -0.39 is 0 Å². The second-order valence-corrected chi connectivity index (χ2v) is 4.54. The maximum atomic E-state index is 6.13. The number of pyridine rings is 1. The highest BCUT2D eigenvalue weighted by atomic mass is 35.5. The predicted octanol–water partition coefficient (Wildman–Crippen LogP) is 4.18. The highest BCUT2D eigenvalue weighted by Gasteiger charge is 2.10. The normalized spacial score (nSPS) is 10.1. The zero-order valence-corrected chi connectivity index (χ0v) is 12.0. The first-order valence-electron chi connectivity index (χ1n) is 5.59. The second-order valence-electron chi connectivity index (χ2n) is 3.72. The summed E-state index contributed by atoms with van der Waals surface area (Å²) in [7, 11) is 3.35. The number of halogens is 2. The molecule has 2 N–H and O–H groups in total. The number of ether oxygens (including phenoxy) is 1. The number of para-hydroxylation sites is 2. The van der Waals surface area contributed by atoms with Gasteiger partial charge in [-0.2, -0.15) is 0 Å². The number of nitrogens with zero attached hydrogens (tertiary/aromatic N) is 1. The molecule has 0 bridgehead atoms. The quantitative estimate of drug-likeness (QED) is 0.888. The van der Waals surface area contributed by atoms with E-state index in [4.69, 9.17) is 27.9 Å². The van der Waals surface area contributed by atoms with Crippen molar-refractivity contribution < 1.29 is 4.74 Å². The van der Waals surface area contributed by atoms with Crippen LogP contribution in [0.1, 0.15) is 0 Å². The summed E-state index contributed by atoms with van der Waals surface area (Å²) < 4.78 is 5.26. The van der Waals surface area contributed by atoms with Crippen LogP contribution in [0.15, 0.2) is 30.3 Å². The van der Waals surface area contributed by atoms with Crippen LogP contribution in [-0.2, 0) is 0 Å². The van der Waals surface area contributed by atoms with E-state index in [1.165, 1.54) is 0 Å². The molecular weight excluding hydrogens is 285 g/mol. The van der Waals surface area contributed by atoms with E-state index in [0.717, 1.165) is 5.69 Å². The Kier molecular flexibility index (Phi) is 4.35. The van der Waals surface area contributed by atoms with Gasteiger partial charge in [0, 0.05) is 7.05 Å². The van der Waals surface area contributed by atoms with Crippen molar-refractivity contribution in [3.8, 4) is 5.75 Å². The van der Waals surface area contributed by atoms with Crippen molar-refractivity contribution in [2.75, 3.05) is 24.8 Å². The Morgan fingerprint density at radius 3 is 2.47 bits per heavy atom. The van der Waals surface area contributed by atoms with Gasteiger partial charge in [-0.25, -0.2) is 4.98 Å². The van der Waals surface area contributed by atoms with Gasteiger partial charge in [-0.15, -0.1) is 0 Å². The maximum Gasteiger partial charge on any atom is 0.151 e. The molecular formula is C13H13Cl2N3O. The molecule has 2 aromatic rings. The number of aromatic nitrogens is 1. The summed E-state index contributed by atoms with van der Waals surface area (Å²) in [4.78, 5) is 4.32. The zero-order chi connectivity index (χ0) is 13.8. The third-order valence-corrected chi connectivity index (χ3v) is 3.10. The molecule has 0 saturated heterocycles. The third kappa shape index (κ3) is 3.03. The standard InChI is InChI=1S/C13H13Cl2N3O/c1-16-12-8(14)7-9(15)13(18-12)17-10-5-3-4-6-11(10)19-2/h3-7H,1-2H3,(H2,16,17,18). The second kappa shape index (κ2) is 5.99. The van der Waals surface area contributed by atoms with E-state index in [2.05, 4.69) is 15.6 Å². The zero-order valence-electron chi connectivity index (χ0n) is 10.5. The highest BCUT2D eigenvalue weighted by Crippen LogP contribution is 2.33. The van der Waals surface area contributed by atoms with Crippen LogP contribution < -0.4 is 15.4 Å². The number of nitrogens with one attached hydrogen (secondary N) is 2. The first kappa shape index (κ1) is 13.8. The first-order valence-corrected chi connectivity index (χ1v) is 6.35. The van der Waals surface area contributed by atoms with Gasteiger partial charge >= 0.3 is 0 Å². The Morgan fingerprint density at radius 2 is 1.79 bits per heavy atom. The molecule has 0 radical (unpaired) electrons. The van der Waals surface area contributed by atoms with E-state index in [9.17, 15) is 0 Å². The van der Waals surface area contributed by atoms with Gasteiger partial charge in [0.2, 0.25) is 0 Å². The van der Waals surface area contributed by atoms with Crippen molar-refractivity contribution in [2.24, 2.45) is 0 Å². The predicted molar refractivity (Wildman–Crippen MR) is 80.1 cm³/mol. The molecule has 0 saturated carbocycles. The van der Waals surface area contributed by atoms with Crippen LogP contribution in [-0.4, -0.2) is 19.1 Å². The largest absolute Gasteiger partial charge is 0.495 e. The molecule has 2 rings (SSSR count). The minimum Gasteiger partial charge on any atom is -0.495 e. The minimum atomic E-state index is 0.440. The minimum absolute atomic E-state index is 0.440. The molecule has 1 heterocycles. The summed E-state index contributed by atoms with van der Waals surface area (Å²) in [6.45, 7) is 0. The molecule has 19 heavy (non-hydrogen) atoms. The smallest absolute Gasteiger partial charge is 0.151 e. The molecule has 100 valence electrons. The van der Waals surface area contributed by atoms with Crippen LogP contribution in [0.3, 0.4) is 0 Å². The van der Waals surface area contributed by atoms with Gasteiger partial charge in [0.25, 0.3) is 0 Å². The van der Waals surface area contributed by atoms with Crippen LogP contribution in [0.5, 0.6) is 5.75 Å². The van der Waals surface area contributed by atoms with Crippen molar-refractivity contribution in [1.29, 1.82) is 0 Å². The Morgan fingerprint density at radius 1 is 1.11 bits per heavy atom. The molecule has 0 spiro atoms. The van der Waals surface area contributed by atoms with Crippen molar-refractivity contribution in [2.45, 2.75) is 0 Å². The molecule has 0 atom stereocenters. The topological polar surface area (TPSA) is 46.2 Å². The maximum absolute atomic E-state index is 6.13. The van der Waals surface area contributed by atoms with Crippen LogP contribution in [0, 0.1) is 0 Å². The number of hydrogen-bond donors (Lipinski definition) is 2. The molecule has 4 nitrogen and oxygen atoms in total. The Bertz CT molecular complexity index is 590. The molecule has 1 aromatic carbocycles. The molecule has 0 amide bonds. The number of hydrogen-bond acceptors (Lipinski definition) is 4. The fraction of sp³-hybridized carbons (Fsp3) is 0.154. The summed E-state index contributed by atoms with van der Waals surface area (Å²) in [6, 6.07) is 9.16. The average molecular weight is 298 g/mol. The number of rotatable bonds is 4. The van der Waals surface area contributed by atoms with Crippen molar-refractivity contribution in [3.63, 3.8) is 0 Å². The lowest BCUT2D eigenvalue weighted by atomic mass is 10.3. The van der Waals surface area contributed by atoms with Crippen molar-refractivity contribution in [1.82, 2.24) is 4.98 Å². The summed E-state index contributed by atoms with van der Waals surface area (Å²) in [5.41, 5.74) is 0.781. The van der Waals surface area contributed by atoms with Gasteiger partial charge in [0.1, 0.15) is 11.6 Å². The van der Waals surface area contributed by atoms with Crippen LogP contribution in [0.25, 0.3) is 0 Å². The summed E-state index contributed by atoms with van der Waals surface area (Å²) >= 11 is 12.1. The molecule has 0 fully saturated rings. The van der Waals surface area contributed by atoms with E-state index >= 15 is 0 Å². The molecule has 0 aliphatic carbocycles. The fourth-order valence-corrected chi connectivity index (χ4v) is 2.11. The van der Waals surface area contributed by atoms with Crippen LogP contribution >= 0.6 is 23.2 Å². The Labute approximate surface area is 121 Å². The molecule has 1 aromatic heterocycles. The number of methoxy groups -OCH3 is 1. The van der Waals surface area contributed by atoms with Gasteiger partial charge in [0.05, 0.1) is 22.8 Å². The van der Waals surface area contributed by atoms with Gasteiger partial charge in [-0.3, -0.25) is 0 Å². The van der Waals surface area contributed by atoms with Crippen molar-refractivity contribution in [3.05, 3.63) is 40.4 Å². The van der Waals surface area contributed by atoms with Gasteiger partial charge in [0.15, 0.2) is 5.82 Å². The molecule has 0 aliphatic rings. The average Bonchev–Trinajstić information content (AvgIpc) is 2.42. The lowest BCUT2D eigenvalue weighted by Gasteiger charge is -2.13. The number of benzene rings is 1. The lowest BCUT2D eigenvalue weighted by Crippen LogP contribution is -2.00. The highest BCUT2D eigenvalue weighted by molar-refractivity contribution is 6.37. The summed E-state index contributed by atoms with van der Waals surface area (Å²) in [6.07, 6.45) is 0. The fourth-order valence-electron chi connectivity index (χ4n) is 1.61. The molecule has 0 aliphatic heterocycles. The summed E-state index contributed by atoms with van der Waals surface area (Å²) in [5.74, 6) is 1.78. The van der Waals surface area contributed by atoms with E-state index in [1.54, 1.807) is 20.2 Å². The molecule has 0 unspecified atom stereocenters. The van der Waals surface area contributed by atoms with E-state index in [-0.39, 0.29) is 0 Å². The van der Waals surface area contributed by atoms with E-state index in [1.807, 2.05) is 24.3 Å². The van der Waals surface area contributed by atoms with Gasteiger partial charge in [-0.1, -0.05) is 35.3 Å². The monoisotopic (exact) mass is 297 g/mol. The SMILES string of the molecule is CNc1nc(Nc2ccccc2OC)c(Cl)cc1Cl. The van der Waals surface area contributed by atoms with Gasteiger partial charge in [-0.05, 0) is 18.2 Å². The van der Waals surface area contributed by atoms with Crippen molar-refractivity contribution >= 4 is 40.5 Å². The van der Waals surface area contributed by atoms with Crippen LogP contribution in [0.2, 0.25) is 10.0 Å². The van der Waals surface area contributed by atoms with Crippen LogP contribution in [0.4, 0.5) is 17.3 Å². The summed E-state index contributed by atoms with van der Waals surface area (Å²) in [5, 5.41) is 6.94. The van der Waals surface area contributed by atoms with E-state index in [0.29, 0.717) is 27.4 Å². The Balaban J connectivity index is 2.38. The van der Waals surface area contributed by atoms with Gasteiger partial charge < -0.3 is 15.4 Å². The third-order valence-electron chi connectivity index (χ3n) is 2.53. The number of anilines is 3. The molecule has 6 heteroatoms. The Hall–Kier alpha value is -1.65. The first-order chi connectivity index (χ1) is 9.15. The lowest BCUT2D eigenvalue weighted by molar-refractivity contribution is 0.417.